The van der Waals surface area contributed by atoms with Gasteiger partial charge in [-0.25, -0.2) is 0 Å². The fraction of sp³-hybridized carbons (Fsp3) is 0.235. The number of nitrogens with two attached hydrogens (primary N) is 1. The second kappa shape index (κ2) is 6.31. The van der Waals surface area contributed by atoms with Crippen LogP contribution in [0.1, 0.15) is 28.4 Å². The molecule has 2 aromatic rings. The number of nitrogens with one attached hydrogen (secondary N) is 1. The number of aryl methyl sites for hydroxylation is 2. The third-order valence-electron chi connectivity index (χ3n) is 3.16. The van der Waals surface area contributed by atoms with Gasteiger partial charge in [0.05, 0.1) is 5.69 Å². The molecule has 3 N–H and O–H groups in total. The topological polar surface area (TPSA) is 64.4 Å². The Hall–Kier alpha value is -2.49. The lowest BCUT2D eigenvalue weighted by atomic mass is 10.1. The van der Waals surface area contributed by atoms with Crippen LogP contribution >= 0.6 is 0 Å². The molecule has 0 radical (unpaired) electrons. The van der Waals surface area contributed by atoms with Gasteiger partial charge >= 0.3 is 0 Å². The van der Waals surface area contributed by atoms with Crippen LogP contribution in [-0.2, 0) is 0 Å². The number of rotatable bonds is 4. The van der Waals surface area contributed by atoms with Crippen molar-refractivity contribution in [2.75, 3.05) is 12.3 Å². The van der Waals surface area contributed by atoms with Crippen LogP contribution in [0.5, 0.6) is 11.5 Å². The molecule has 4 heteroatoms. The molecule has 0 bridgehead atoms. The molecular weight excluding hydrogens is 264 g/mol. The molecule has 0 aliphatic carbocycles. The lowest BCUT2D eigenvalue weighted by molar-refractivity contribution is 0.0955. The second-order valence-corrected chi connectivity index (χ2v) is 4.98. The van der Waals surface area contributed by atoms with E-state index >= 15 is 0 Å². The third kappa shape index (κ3) is 3.54. The van der Waals surface area contributed by atoms with Crippen LogP contribution in [0, 0.1) is 13.8 Å². The van der Waals surface area contributed by atoms with Gasteiger partial charge < -0.3 is 15.8 Å². The fourth-order valence-corrected chi connectivity index (χ4v) is 2.06. The molecule has 0 fully saturated rings. The highest BCUT2D eigenvalue weighted by Gasteiger charge is 2.10. The van der Waals surface area contributed by atoms with E-state index in [0.717, 1.165) is 11.3 Å². The monoisotopic (exact) mass is 284 g/mol. The van der Waals surface area contributed by atoms with E-state index in [1.165, 1.54) is 5.56 Å². The average Bonchev–Trinajstić information content (AvgIpc) is 2.44. The predicted molar refractivity (Wildman–Crippen MR) is 84.9 cm³/mol. The largest absolute Gasteiger partial charge is 0.455 e. The standard InChI is InChI=1S/C17H20N2O2/c1-4-19-17(20)13-6-7-14(18)16(10-13)21-15-8-5-11(2)9-12(15)3/h5-10H,4,18H2,1-3H3,(H,19,20). The first kappa shape index (κ1) is 14.9. The van der Waals surface area contributed by atoms with E-state index in [-0.39, 0.29) is 5.91 Å². The van der Waals surface area contributed by atoms with Crippen molar-refractivity contribution in [3.63, 3.8) is 0 Å². The SMILES string of the molecule is CCNC(=O)c1ccc(N)c(Oc2ccc(C)cc2C)c1. The van der Waals surface area contributed by atoms with Gasteiger partial charge in [0.1, 0.15) is 5.75 Å². The van der Waals surface area contributed by atoms with Gasteiger partial charge in [0.25, 0.3) is 5.91 Å². The summed E-state index contributed by atoms with van der Waals surface area (Å²) in [6.45, 7) is 6.46. The highest BCUT2D eigenvalue weighted by molar-refractivity contribution is 5.95. The van der Waals surface area contributed by atoms with E-state index in [2.05, 4.69) is 5.32 Å². The van der Waals surface area contributed by atoms with Crippen molar-refractivity contribution in [2.24, 2.45) is 0 Å². The van der Waals surface area contributed by atoms with Gasteiger partial charge in [0.15, 0.2) is 5.75 Å². The first-order valence-electron chi connectivity index (χ1n) is 6.94. The smallest absolute Gasteiger partial charge is 0.251 e. The number of carbonyl (C=O) groups is 1. The molecule has 4 nitrogen and oxygen atoms in total. The molecule has 0 atom stereocenters. The van der Waals surface area contributed by atoms with E-state index < -0.39 is 0 Å². The van der Waals surface area contributed by atoms with Gasteiger partial charge in [0.2, 0.25) is 0 Å². The number of ether oxygens (including phenoxy) is 1. The summed E-state index contributed by atoms with van der Waals surface area (Å²) in [5, 5.41) is 2.76. The molecule has 0 saturated carbocycles. The number of benzene rings is 2. The molecule has 0 unspecified atom stereocenters. The molecule has 0 aliphatic rings. The predicted octanol–water partition coefficient (Wildman–Crippen LogP) is 3.43. The van der Waals surface area contributed by atoms with E-state index in [1.807, 2.05) is 39.0 Å². The molecule has 0 spiro atoms. The summed E-state index contributed by atoms with van der Waals surface area (Å²) in [7, 11) is 0. The lowest BCUT2D eigenvalue weighted by Gasteiger charge is -2.12. The normalized spacial score (nSPS) is 10.2. The Morgan fingerprint density at radius 2 is 1.90 bits per heavy atom. The Morgan fingerprint density at radius 1 is 1.14 bits per heavy atom. The van der Waals surface area contributed by atoms with Crippen LogP contribution in [0.2, 0.25) is 0 Å². The van der Waals surface area contributed by atoms with E-state index in [0.29, 0.717) is 23.5 Å². The zero-order valence-electron chi connectivity index (χ0n) is 12.6. The van der Waals surface area contributed by atoms with Crippen LogP contribution < -0.4 is 15.8 Å². The van der Waals surface area contributed by atoms with Gasteiger partial charge in [-0.1, -0.05) is 17.7 Å². The molecule has 0 heterocycles. The maximum Gasteiger partial charge on any atom is 0.251 e. The molecular formula is C17H20N2O2. The Morgan fingerprint density at radius 3 is 2.57 bits per heavy atom. The molecule has 1 amide bonds. The van der Waals surface area contributed by atoms with E-state index in [9.17, 15) is 4.79 Å². The third-order valence-corrected chi connectivity index (χ3v) is 3.16. The lowest BCUT2D eigenvalue weighted by Crippen LogP contribution is -2.22. The number of amides is 1. The fourth-order valence-electron chi connectivity index (χ4n) is 2.06. The molecule has 0 saturated heterocycles. The Balaban J connectivity index is 2.30. The van der Waals surface area contributed by atoms with Crippen LogP contribution in [0.3, 0.4) is 0 Å². The first-order valence-corrected chi connectivity index (χ1v) is 6.94. The maximum absolute atomic E-state index is 11.9. The van der Waals surface area contributed by atoms with Gasteiger partial charge in [0, 0.05) is 12.1 Å². The minimum atomic E-state index is -0.136. The highest BCUT2D eigenvalue weighted by Crippen LogP contribution is 2.30. The summed E-state index contributed by atoms with van der Waals surface area (Å²) < 4.78 is 5.86. The van der Waals surface area contributed by atoms with Gasteiger partial charge in [-0.3, -0.25) is 4.79 Å². The highest BCUT2D eigenvalue weighted by atomic mass is 16.5. The van der Waals surface area contributed by atoms with Crippen molar-refractivity contribution in [1.82, 2.24) is 5.32 Å². The average molecular weight is 284 g/mol. The van der Waals surface area contributed by atoms with Crippen molar-refractivity contribution in [1.29, 1.82) is 0 Å². The summed E-state index contributed by atoms with van der Waals surface area (Å²) >= 11 is 0. The van der Waals surface area contributed by atoms with Crippen molar-refractivity contribution in [2.45, 2.75) is 20.8 Å². The maximum atomic E-state index is 11.9. The minimum absolute atomic E-state index is 0.136. The molecule has 0 aromatic heterocycles. The van der Waals surface area contributed by atoms with Crippen LogP contribution in [0.4, 0.5) is 5.69 Å². The Kier molecular flexibility index (Phi) is 4.48. The van der Waals surface area contributed by atoms with E-state index in [1.54, 1.807) is 18.2 Å². The van der Waals surface area contributed by atoms with Crippen molar-refractivity contribution in [3.05, 3.63) is 53.1 Å². The summed E-state index contributed by atoms with van der Waals surface area (Å²) in [6, 6.07) is 11.0. The van der Waals surface area contributed by atoms with Crippen LogP contribution in [-0.4, -0.2) is 12.5 Å². The minimum Gasteiger partial charge on any atom is -0.455 e. The van der Waals surface area contributed by atoms with Crippen molar-refractivity contribution in [3.8, 4) is 11.5 Å². The number of carbonyl (C=O) groups excluding carboxylic acids is 1. The van der Waals surface area contributed by atoms with Gasteiger partial charge in [-0.05, 0) is 50.6 Å². The number of hydrogen-bond donors (Lipinski definition) is 2. The zero-order chi connectivity index (χ0) is 15.4. The summed E-state index contributed by atoms with van der Waals surface area (Å²) in [5.74, 6) is 1.09. The summed E-state index contributed by atoms with van der Waals surface area (Å²) in [6.07, 6.45) is 0. The van der Waals surface area contributed by atoms with Crippen LogP contribution in [0.25, 0.3) is 0 Å². The Labute approximate surface area is 124 Å². The molecule has 110 valence electrons. The number of anilines is 1. The molecule has 2 rings (SSSR count). The van der Waals surface area contributed by atoms with Crippen molar-refractivity contribution >= 4 is 11.6 Å². The molecule has 2 aromatic carbocycles. The molecule has 0 aliphatic heterocycles. The summed E-state index contributed by atoms with van der Waals surface area (Å²) in [4.78, 5) is 11.9. The van der Waals surface area contributed by atoms with E-state index in [4.69, 9.17) is 10.5 Å². The number of nitrogen functional groups attached to an aromatic ring is 1. The van der Waals surface area contributed by atoms with Gasteiger partial charge in [-0.15, -0.1) is 0 Å². The molecule has 21 heavy (non-hydrogen) atoms. The second-order valence-electron chi connectivity index (χ2n) is 4.98. The quantitative estimate of drug-likeness (QED) is 0.845. The van der Waals surface area contributed by atoms with Crippen LogP contribution in [0.15, 0.2) is 36.4 Å². The van der Waals surface area contributed by atoms with Gasteiger partial charge in [-0.2, -0.15) is 0 Å². The zero-order valence-corrected chi connectivity index (χ0v) is 12.6. The first-order chi connectivity index (χ1) is 10.0. The van der Waals surface area contributed by atoms with Crippen molar-refractivity contribution < 1.29 is 9.53 Å². The number of hydrogen-bond acceptors (Lipinski definition) is 3. The summed E-state index contributed by atoms with van der Waals surface area (Å²) in [5.41, 5.74) is 9.17. The Bertz CT molecular complexity index is 666.